The maximum atomic E-state index is 8.95. The average molecular weight is 142 g/mol. The minimum atomic E-state index is -0.505. The molecule has 1 saturated heterocycles. The monoisotopic (exact) mass is 142 g/mol. The van der Waals surface area contributed by atoms with Gasteiger partial charge in [0.05, 0.1) is 6.10 Å². The predicted octanol–water partition coefficient (Wildman–Crippen LogP) is 1.45. The summed E-state index contributed by atoms with van der Waals surface area (Å²) in [5.41, 5.74) is 0. The summed E-state index contributed by atoms with van der Waals surface area (Å²) in [5.74, 6) is 0. The maximum Gasteiger partial charge on any atom is 0.154 e. The van der Waals surface area contributed by atoms with Gasteiger partial charge in [0.2, 0.25) is 0 Å². The van der Waals surface area contributed by atoms with E-state index in [1.54, 1.807) is 0 Å². The summed E-state index contributed by atoms with van der Waals surface area (Å²) in [4.78, 5) is 0. The molecule has 0 amide bonds. The number of rotatable bonds is 3. The van der Waals surface area contributed by atoms with Crippen molar-refractivity contribution in [3.05, 3.63) is 12.7 Å². The quantitative estimate of drug-likeness (QED) is 0.604. The fourth-order valence-corrected chi connectivity index (χ4v) is 1.20. The highest BCUT2D eigenvalue weighted by atomic mass is 16.6. The van der Waals surface area contributed by atoms with Crippen molar-refractivity contribution < 1.29 is 9.84 Å². The van der Waals surface area contributed by atoms with Crippen LogP contribution in [0.3, 0.4) is 0 Å². The highest BCUT2D eigenvalue weighted by Gasteiger charge is 2.21. The third-order valence-electron chi connectivity index (χ3n) is 1.78. The maximum absolute atomic E-state index is 8.95. The number of ether oxygens (including phenoxy) is 1. The van der Waals surface area contributed by atoms with E-state index in [0.717, 1.165) is 25.7 Å². The molecule has 1 aliphatic rings. The molecule has 1 heterocycles. The minimum Gasteiger partial charge on any atom is -0.368 e. The van der Waals surface area contributed by atoms with E-state index in [-0.39, 0.29) is 6.10 Å². The second-order valence-corrected chi connectivity index (χ2v) is 2.66. The minimum absolute atomic E-state index is 0.271. The Morgan fingerprint density at radius 2 is 2.40 bits per heavy atom. The molecule has 2 nitrogen and oxygen atoms in total. The molecule has 0 bridgehead atoms. The second kappa shape index (κ2) is 3.74. The van der Waals surface area contributed by atoms with E-state index in [0.29, 0.717) is 0 Å². The Balaban J connectivity index is 2.12. The zero-order valence-electron chi connectivity index (χ0n) is 6.12. The fourth-order valence-electron chi connectivity index (χ4n) is 1.20. The Hall–Kier alpha value is -0.340. The van der Waals surface area contributed by atoms with Gasteiger partial charge in [0.1, 0.15) is 0 Å². The summed E-state index contributed by atoms with van der Waals surface area (Å²) in [7, 11) is 0. The number of hydrogen-bond donors (Lipinski definition) is 1. The molecule has 2 heteroatoms. The lowest BCUT2D eigenvalue weighted by Crippen LogP contribution is -2.09. The van der Waals surface area contributed by atoms with Crippen LogP contribution < -0.4 is 0 Å². The van der Waals surface area contributed by atoms with E-state index in [2.05, 4.69) is 6.58 Å². The van der Waals surface area contributed by atoms with Gasteiger partial charge >= 0.3 is 0 Å². The lowest BCUT2D eigenvalue weighted by molar-refractivity contribution is -0.0913. The van der Waals surface area contributed by atoms with E-state index >= 15 is 0 Å². The highest BCUT2D eigenvalue weighted by molar-refractivity contribution is 4.73. The van der Waals surface area contributed by atoms with Gasteiger partial charge < -0.3 is 9.84 Å². The van der Waals surface area contributed by atoms with Crippen LogP contribution in [0.5, 0.6) is 0 Å². The molecule has 2 atom stereocenters. The van der Waals surface area contributed by atoms with Crippen LogP contribution in [0.1, 0.15) is 25.7 Å². The Labute approximate surface area is 61.5 Å². The lowest BCUT2D eigenvalue weighted by Gasteiger charge is -2.07. The Morgan fingerprint density at radius 1 is 1.60 bits per heavy atom. The number of aliphatic hydroxyl groups is 1. The smallest absolute Gasteiger partial charge is 0.154 e. The van der Waals surface area contributed by atoms with Gasteiger partial charge in [0, 0.05) is 6.42 Å². The first-order chi connectivity index (χ1) is 4.83. The van der Waals surface area contributed by atoms with Gasteiger partial charge in [-0.2, -0.15) is 0 Å². The van der Waals surface area contributed by atoms with E-state index in [1.165, 1.54) is 0 Å². The van der Waals surface area contributed by atoms with Crippen LogP contribution in [0.25, 0.3) is 0 Å². The molecule has 0 spiro atoms. The predicted molar refractivity (Wildman–Crippen MR) is 39.5 cm³/mol. The summed E-state index contributed by atoms with van der Waals surface area (Å²) in [6, 6.07) is 0. The summed E-state index contributed by atoms with van der Waals surface area (Å²) in [5, 5.41) is 8.95. The van der Waals surface area contributed by atoms with E-state index in [9.17, 15) is 0 Å². The van der Waals surface area contributed by atoms with Crippen LogP contribution in [0.15, 0.2) is 12.7 Å². The summed E-state index contributed by atoms with van der Waals surface area (Å²) in [6.45, 7) is 3.62. The molecule has 1 fully saturated rings. The van der Waals surface area contributed by atoms with Crippen molar-refractivity contribution in [2.45, 2.75) is 38.1 Å². The van der Waals surface area contributed by atoms with Crippen LogP contribution in [-0.4, -0.2) is 17.5 Å². The van der Waals surface area contributed by atoms with Crippen LogP contribution in [-0.2, 0) is 4.74 Å². The van der Waals surface area contributed by atoms with Crippen LogP contribution in [0.2, 0.25) is 0 Å². The molecule has 10 heavy (non-hydrogen) atoms. The van der Waals surface area contributed by atoms with Crippen molar-refractivity contribution in [1.29, 1.82) is 0 Å². The molecular formula is C8H14O2. The summed E-state index contributed by atoms with van der Waals surface area (Å²) in [6.07, 6.45) is 5.42. The second-order valence-electron chi connectivity index (χ2n) is 2.66. The zero-order valence-corrected chi connectivity index (χ0v) is 6.12. The highest BCUT2D eigenvalue weighted by Crippen LogP contribution is 2.21. The molecule has 0 aromatic heterocycles. The van der Waals surface area contributed by atoms with Crippen molar-refractivity contribution in [1.82, 2.24) is 0 Å². The molecular weight excluding hydrogens is 128 g/mol. The van der Waals surface area contributed by atoms with E-state index in [4.69, 9.17) is 9.84 Å². The first-order valence-corrected chi connectivity index (χ1v) is 3.77. The van der Waals surface area contributed by atoms with Crippen LogP contribution in [0, 0.1) is 0 Å². The lowest BCUT2D eigenvalue weighted by atomic mass is 10.1. The first-order valence-electron chi connectivity index (χ1n) is 3.77. The molecule has 0 saturated carbocycles. The Morgan fingerprint density at radius 3 is 2.90 bits per heavy atom. The summed E-state index contributed by atoms with van der Waals surface area (Å²) >= 11 is 0. The van der Waals surface area contributed by atoms with Gasteiger partial charge in [0.25, 0.3) is 0 Å². The van der Waals surface area contributed by atoms with Gasteiger partial charge in [-0.25, -0.2) is 0 Å². The largest absolute Gasteiger partial charge is 0.368 e. The molecule has 0 aromatic rings. The van der Waals surface area contributed by atoms with Crippen molar-refractivity contribution in [2.75, 3.05) is 0 Å². The number of allylic oxidation sites excluding steroid dienone is 1. The molecule has 1 rings (SSSR count). The molecule has 0 aromatic carbocycles. The molecule has 0 aliphatic carbocycles. The molecule has 0 radical (unpaired) electrons. The molecule has 58 valence electrons. The fraction of sp³-hybridized carbons (Fsp3) is 0.750. The van der Waals surface area contributed by atoms with Gasteiger partial charge in [-0.15, -0.1) is 6.58 Å². The summed E-state index contributed by atoms with van der Waals surface area (Å²) < 4.78 is 5.17. The average Bonchev–Trinajstić information content (AvgIpc) is 2.31. The Kier molecular flexibility index (Phi) is 2.90. The zero-order chi connectivity index (χ0) is 7.40. The van der Waals surface area contributed by atoms with E-state index < -0.39 is 6.29 Å². The van der Waals surface area contributed by atoms with Crippen molar-refractivity contribution >= 4 is 0 Å². The molecule has 1 N–H and O–H groups in total. The van der Waals surface area contributed by atoms with Gasteiger partial charge in [-0.05, 0) is 19.3 Å². The number of aliphatic hydroxyl groups excluding tert-OH is 1. The first kappa shape index (κ1) is 7.76. The van der Waals surface area contributed by atoms with Crippen molar-refractivity contribution in [3.63, 3.8) is 0 Å². The van der Waals surface area contributed by atoms with Crippen LogP contribution >= 0.6 is 0 Å². The van der Waals surface area contributed by atoms with Gasteiger partial charge in [-0.1, -0.05) is 6.08 Å². The Bertz CT molecular complexity index is 112. The normalized spacial score (nSPS) is 32.5. The molecule has 0 unspecified atom stereocenters. The van der Waals surface area contributed by atoms with Crippen molar-refractivity contribution in [3.8, 4) is 0 Å². The standard InChI is InChI=1S/C8H14O2/c1-2-3-4-7-5-6-8(9)10-7/h2,7-9H,1,3-6H2/t7-,8-/m1/s1. The number of hydrogen-bond acceptors (Lipinski definition) is 2. The van der Waals surface area contributed by atoms with E-state index in [1.807, 2.05) is 6.08 Å². The SMILES string of the molecule is C=CCC[C@@H]1CC[C@H](O)O1. The van der Waals surface area contributed by atoms with Crippen LogP contribution in [0.4, 0.5) is 0 Å². The van der Waals surface area contributed by atoms with Crippen molar-refractivity contribution in [2.24, 2.45) is 0 Å². The third-order valence-corrected chi connectivity index (χ3v) is 1.78. The van der Waals surface area contributed by atoms with Gasteiger partial charge in [-0.3, -0.25) is 0 Å². The van der Waals surface area contributed by atoms with Gasteiger partial charge in [0.15, 0.2) is 6.29 Å². The third kappa shape index (κ3) is 2.12. The molecule has 1 aliphatic heterocycles. The topological polar surface area (TPSA) is 29.5 Å².